The number of carboxylic acid groups (broad SMARTS) is 1. The van der Waals surface area contributed by atoms with Crippen LogP contribution < -0.4 is 4.90 Å². The fourth-order valence-corrected chi connectivity index (χ4v) is 5.70. The smallest absolute Gasteiger partial charge is 0.335 e. The van der Waals surface area contributed by atoms with Crippen molar-refractivity contribution < 1.29 is 9.90 Å². The zero-order valence-corrected chi connectivity index (χ0v) is 17.7. The van der Waals surface area contributed by atoms with Crippen molar-refractivity contribution in [1.29, 1.82) is 0 Å². The molecule has 0 amide bonds. The summed E-state index contributed by atoms with van der Waals surface area (Å²) < 4.78 is 0. The highest BCUT2D eigenvalue weighted by molar-refractivity contribution is 5.88. The Hall–Kier alpha value is -1.26. The van der Waals surface area contributed by atoms with Crippen molar-refractivity contribution in [2.75, 3.05) is 31.1 Å². The van der Waals surface area contributed by atoms with Gasteiger partial charge in [-0.2, -0.15) is 0 Å². The summed E-state index contributed by atoms with van der Waals surface area (Å²) >= 11 is 0. The first-order valence-corrected chi connectivity index (χ1v) is 11.0. The molecule has 0 spiro atoms. The van der Waals surface area contributed by atoms with Crippen LogP contribution in [0.1, 0.15) is 68.1 Å². The number of hydrogen-bond acceptors (Lipinski definition) is 3. The molecule has 0 atom stereocenters. The number of carboxylic acids is 1. The van der Waals surface area contributed by atoms with E-state index in [1.54, 1.807) is 12.1 Å². The molecule has 1 aromatic rings. The first kappa shape index (κ1) is 21.4. The molecular weight excluding hydrogens is 372 g/mol. The summed E-state index contributed by atoms with van der Waals surface area (Å²) in [6.07, 6.45) is 13.1. The highest BCUT2D eigenvalue weighted by Gasteiger charge is 2.32. The second kappa shape index (κ2) is 9.98. The van der Waals surface area contributed by atoms with Crippen LogP contribution in [0.15, 0.2) is 24.3 Å². The molecule has 1 aliphatic heterocycles. The quantitative estimate of drug-likeness (QED) is 0.758. The topological polar surface area (TPSA) is 43.8 Å². The first-order valence-electron chi connectivity index (χ1n) is 11.0. The monoisotopic (exact) mass is 406 g/mol. The lowest BCUT2D eigenvalue weighted by molar-refractivity contribution is 0.0697. The van der Waals surface area contributed by atoms with Gasteiger partial charge in [-0.25, -0.2) is 4.79 Å². The van der Waals surface area contributed by atoms with Gasteiger partial charge >= 0.3 is 5.97 Å². The standard InChI is InChI=1S/C23H34N2O2.ClH/c26-23(27)20-8-12-22(13-9-20)25-16-14-24(15-17-25)21-10-6-19(7-11-21)18-4-2-1-3-5-18;/h8-9,12-13,18-19,21H,1-7,10-11,14-17H2,(H,26,27);1H/t19-,21-;. The van der Waals surface area contributed by atoms with E-state index >= 15 is 0 Å². The third-order valence-electron chi connectivity index (χ3n) is 7.37. The maximum absolute atomic E-state index is 11.0. The van der Waals surface area contributed by atoms with Gasteiger partial charge in [-0.15, -0.1) is 12.4 Å². The van der Waals surface area contributed by atoms with Crippen molar-refractivity contribution in [2.45, 2.75) is 63.8 Å². The molecule has 4 rings (SSSR count). The zero-order valence-electron chi connectivity index (χ0n) is 16.9. The fraction of sp³-hybridized carbons (Fsp3) is 0.696. The molecule has 1 heterocycles. The maximum Gasteiger partial charge on any atom is 0.335 e. The van der Waals surface area contributed by atoms with E-state index in [9.17, 15) is 4.79 Å². The predicted molar refractivity (Wildman–Crippen MR) is 117 cm³/mol. The average Bonchev–Trinajstić information content (AvgIpc) is 2.75. The molecular formula is C23H35ClN2O2. The largest absolute Gasteiger partial charge is 0.478 e. The van der Waals surface area contributed by atoms with Gasteiger partial charge in [-0.1, -0.05) is 32.1 Å². The fourth-order valence-electron chi connectivity index (χ4n) is 5.70. The van der Waals surface area contributed by atoms with Gasteiger partial charge in [0.2, 0.25) is 0 Å². The van der Waals surface area contributed by atoms with Crippen molar-refractivity contribution in [3.63, 3.8) is 0 Å². The van der Waals surface area contributed by atoms with Gasteiger partial charge in [0.15, 0.2) is 0 Å². The van der Waals surface area contributed by atoms with E-state index in [-0.39, 0.29) is 12.4 Å². The van der Waals surface area contributed by atoms with Crippen LogP contribution in [0.4, 0.5) is 5.69 Å². The summed E-state index contributed by atoms with van der Waals surface area (Å²) in [4.78, 5) is 16.1. The minimum Gasteiger partial charge on any atom is -0.478 e. The molecule has 1 saturated heterocycles. The van der Waals surface area contributed by atoms with Gasteiger partial charge in [-0.3, -0.25) is 4.90 Å². The van der Waals surface area contributed by atoms with E-state index in [1.807, 2.05) is 12.1 Å². The van der Waals surface area contributed by atoms with Gasteiger partial charge in [0.05, 0.1) is 5.56 Å². The molecule has 1 aromatic carbocycles. The number of carbonyl (C=O) groups is 1. The first-order chi connectivity index (χ1) is 13.2. The molecule has 3 fully saturated rings. The van der Waals surface area contributed by atoms with Crippen molar-refractivity contribution in [3.8, 4) is 0 Å². The van der Waals surface area contributed by atoms with E-state index in [0.717, 1.165) is 49.7 Å². The van der Waals surface area contributed by atoms with Gasteiger partial charge in [-0.05, 0) is 61.8 Å². The summed E-state index contributed by atoms with van der Waals surface area (Å²) in [6.45, 7) is 4.38. The van der Waals surface area contributed by atoms with Crippen LogP contribution in [0.25, 0.3) is 0 Å². The number of rotatable bonds is 4. The lowest BCUT2D eigenvalue weighted by Gasteiger charge is -2.44. The van der Waals surface area contributed by atoms with E-state index in [0.29, 0.717) is 5.56 Å². The number of aromatic carboxylic acids is 1. The number of benzene rings is 1. The van der Waals surface area contributed by atoms with E-state index in [2.05, 4.69) is 9.80 Å². The number of hydrogen-bond donors (Lipinski definition) is 1. The zero-order chi connectivity index (χ0) is 18.6. The molecule has 5 heteroatoms. The minimum atomic E-state index is -0.852. The van der Waals surface area contributed by atoms with Crippen molar-refractivity contribution in [2.24, 2.45) is 11.8 Å². The van der Waals surface area contributed by atoms with E-state index in [4.69, 9.17) is 5.11 Å². The summed E-state index contributed by atoms with van der Waals surface area (Å²) in [6, 6.07) is 8.14. The molecule has 0 unspecified atom stereocenters. The summed E-state index contributed by atoms with van der Waals surface area (Å²) in [7, 11) is 0. The molecule has 156 valence electrons. The molecule has 1 N–H and O–H groups in total. The van der Waals surface area contributed by atoms with Gasteiger partial charge in [0, 0.05) is 37.9 Å². The molecule has 0 bridgehead atoms. The van der Waals surface area contributed by atoms with Crippen molar-refractivity contribution in [1.82, 2.24) is 4.90 Å². The number of anilines is 1. The molecule has 0 aromatic heterocycles. The SMILES string of the molecule is Cl.O=C(O)c1ccc(N2CCN([C@H]3CC[C@H](C4CCCCC4)CC3)CC2)cc1. The third kappa shape index (κ3) is 5.01. The van der Waals surface area contributed by atoms with E-state index in [1.165, 1.54) is 57.8 Å². The van der Waals surface area contributed by atoms with Crippen LogP contribution in [-0.2, 0) is 0 Å². The van der Waals surface area contributed by atoms with Crippen LogP contribution in [-0.4, -0.2) is 48.2 Å². The maximum atomic E-state index is 11.0. The summed E-state index contributed by atoms with van der Waals surface area (Å²) in [5.41, 5.74) is 1.52. The number of nitrogens with zero attached hydrogens (tertiary/aromatic N) is 2. The summed E-state index contributed by atoms with van der Waals surface area (Å²) in [5.74, 6) is 1.19. The lowest BCUT2D eigenvalue weighted by Crippen LogP contribution is -2.51. The normalized spacial score (nSPS) is 27.2. The molecule has 2 aliphatic carbocycles. The van der Waals surface area contributed by atoms with Crippen LogP contribution in [0.3, 0.4) is 0 Å². The Labute approximate surface area is 175 Å². The van der Waals surface area contributed by atoms with Crippen LogP contribution in [0.2, 0.25) is 0 Å². The van der Waals surface area contributed by atoms with Crippen LogP contribution in [0, 0.1) is 11.8 Å². The van der Waals surface area contributed by atoms with Crippen molar-refractivity contribution in [3.05, 3.63) is 29.8 Å². The molecule has 2 saturated carbocycles. The second-order valence-electron chi connectivity index (χ2n) is 8.84. The number of halogens is 1. The van der Waals surface area contributed by atoms with Crippen molar-refractivity contribution >= 4 is 24.1 Å². The Morgan fingerprint density at radius 2 is 1.36 bits per heavy atom. The van der Waals surface area contributed by atoms with Crippen LogP contribution >= 0.6 is 12.4 Å². The summed E-state index contributed by atoms with van der Waals surface area (Å²) in [5, 5.41) is 9.05. The predicted octanol–water partition coefficient (Wildman–Crippen LogP) is 5.07. The van der Waals surface area contributed by atoms with Gasteiger partial charge < -0.3 is 10.0 Å². The van der Waals surface area contributed by atoms with Gasteiger partial charge in [0.1, 0.15) is 0 Å². The Morgan fingerprint density at radius 1 is 0.786 bits per heavy atom. The molecule has 28 heavy (non-hydrogen) atoms. The third-order valence-corrected chi connectivity index (χ3v) is 7.37. The second-order valence-corrected chi connectivity index (χ2v) is 8.84. The number of piperazine rings is 1. The minimum absolute atomic E-state index is 0. The van der Waals surface area contributed by atoms with Crippen LogP contribution in [0.5, 0.6) is 0 Å². The molecule has 0 radical (unpaired) electrons. The Balaban J connectivity index is 0.00000225. The highest BCUT2D eigenvalue weighted by Crippen LogP contribution is 2.39. The lowest BCUT2D eigenvalue weighted by atomic mass is 9.72. The van der Waals surface area contributed by atoms with E-state index < -0.39 is 5.97 Å². The highest BCUT2D eigenvalue weighted by atomic mass is 35.5. The van der Waals surface area contributed by atoms with Gasteiger partial charge in [0.25, 0.3) is 0 Å². The average molecular weight is 407 g/mol. The Morgan fingerprint density at radius 3 is 1.93 bits per heavy atom. The molecule has 3 aliphatic rings. The molecule has 4 nitrogen and oxygen atoms in total. The Kier molecular flexibility index (Phi) is 7.64. The Bertz CT molecular complexity index is 614.